The number of pyridine rings is 1. The Balaban J connectivity index is 1.40. The Kier molecular flexibility index (Phi) is 6.52. The average molecular weight is 571 g/mol. The Morgan fingerprint density at radius 3 is 2.72 bits per heavy atom. The van der Waals surface area contributed by atoms with Crippen LogP contribution in [0.5, 0.6) is 0 Å². The minimum atomic E-state index is -3.66. The highest BCUT2D eigenvalue weighted by Gasteiger charge is 2.27. The van der Waals surface area contributed by atoms with Crippen LogP contribution in [0.15, 0.2) is 45.6 Å². The average Bonchev–Trinajstić information content (AvgIpc) is 3.61. The monoisotopic (exact) mass is 570 g/mol. The molecule has 0 fully saturated rings. The number of aromatic nitrogens is 4. The quantitative estimate of drug-likeness (QED) is 0.337. The molecule has 9 nitrogen and oxygen atoms in total. The van der Waals surface area contributed by atoms with Crippen molar-refractivity contribution in [3.8, 4) is 10.6 Å². The summed E-state index contributed by atoms with van der Waals surface area (Å²) in [5, 5.41) is 10.4. The maximum absolute atomic E-state index is 13.6. The second-order valence-electron chi connectivity index (χ2n) is 9.52. The zero-order valence-electron chi connectivity index (χ0n) is 21.1. The minimum Gasteiger partial charge on any atom is -0.373 e. The Hall–Kier alpha value is -3.55. The van der Waals surface area contributed by atoms with Crippen LogP contribution in [-0.2, 0) is 40.6 Å². The fourth-order valence-electron chi connectivity index (χ4n) is 4.69. The number of aryl methyl sites for hydroxylation is 1. The topological polar surface area (TPSA) is 111 Å². The summed E-state index contributed by atoms with van der Waals surface area (Å²) in [5.41, 5.74) is 5.00. The van der Waals surface area contributed by atoms with Crippen LogP contribution in [0.3, 0.4) is 0 Å². The fourth-order valence-corrected chi connectivity index (χ4v) is 6.34. The first-order valence-electron chi connectivity index (χ1n) is 12.2. The second-order valence-corrected chi connectivity index (χ2v) is 12.4. The zero-order chi connectivity index (χ0) is 27.3. The number of sulfone groups is 1. The third-order valence-electron chi connectivity index (χ3n) is 6.46. The lowest BCUT2D eigenvalue weighted by Gasteiger charge is -2.15. The highest BCUT2D eigenvalue weighted by molar-refractivity contribution is 7.90. The smallest absolute Gasteiger partial charge is 0.277 e. The lowest BCUT2D eigenvalue weighted by atomic mass is 10.1. The number of benzene rings is 1. The van der Waals surface area contributed by atoms with Gasteiger partial charge in [0, 0.05) is 41.4 Å². The van der Waals surface area contributed by atoms with Crippen LogP contribution in [-0.4, -0.2) is 53.2 Å². The molecule has 39 heavy (non-hydrogen) atoms. The van der Waals surface area contributed by atoms with E-state index >= 15 is 0 Å². The zero-order valence-corrected chi connectivity index (χ0v) is 22.7. The SMILES string of the molecule is Cc1csc(-c2ccc(Nc3cc(Cc4cc5n(n4)CCOC5)nc4c3N=C(C(F)F)C4)c(S(C)(=O)=O)c2)n1. The van der Waals surface area contributed by atoms with E-state index in [0.29, 0.717) is 59.5 Å². The van der Waals surface area contributed by atoms with Crippen molar-refractivity contribution in [3.63, 3.8) is 0 Å². The summed E-state index contributed by atoms with van der Waals surface area (Å²) >= 11 is 1.42. The highest BCUT2D eigenvalue weighted by atomic mass is 32.2. The lowest BCUT2D eigenvalue weighted by molar-refractivity contribution is 0.0800. The molecule has 0 unspecified atom stereocenters. The summed E-state index contributed by atoms with van der Waals surface area (Å²) in [6.07, 6.45) is -1.30. The van der Waals surface area contributed by atoms with Gasteiger partial charge in [0.25, 0.3) is 6.43 Å². The molecule has 5 heterocycles. The first-order valence-corrected chi connectivity index (χ1v) is 15.0. The predicted molar refractivity (Wildman–Crippen MR) is 144 cm³/mol. The number of nitrogens with zero attached hydrogens (tertiary/aromatic N) is 5. The van der Waals surface area contributed by atoms with E-state index in [0.717, 1.165) is 23.3 Å². The van der Waals surface area contributed by atoms with Gasteiger partial charge in [-0.2, -0.15) is 5.10 Å². The van der Waals surface area contributed by atoms with Crippen molar-refractivity contribution in [2.45, 2.75) is 44.2 Å². The first-order chi connectivity index (χ1) is 18.6. The molecule has 0 amide bonds. The third kappa shape index (κ3) is 5.21. The molecular formula is C26H24F2N6O3S2. The van der Waals surface area contributed by atoms with Gasteiger partial charge in [0.15, 0.2) is 9.84 Å². The van der Waals surface area contributed by atoms with E-state index in [1.54, 1.807) is 24.3 Å². The number of ether oxygens (including phenoxy) is 1. The van der Waals surface area contributed by atoms with E-state index < -0.39 is 16.3 Å². The van der Waals surface area contributed by atoms with Gasteiger partial charge in [-0.25, -0.2) is 27.2 Å². The summed E-state index contributed by atoms with van der Waals surface area (Å²) in [4.78, 5) is 13.3. The summed E-state index contributed by atoms with van der Waals surface area (Å²) in [5.74, 6) is 0. The van der Waals surface area contributed by atoms with E-state index in [-0.39, 0.29) is 22.7 Å². The number of rotatable bonds is 7. The summed E-state index contributed by atoms with van der Waals surface area (Å²) in [7, 11) is -3.66. The Morgan fingerprint density at radius 1 is 1.15 bits per heavy atom. The molecule has 0 radical (unpaired) electrons. The summed E-state index contributed by atoms with van der Waals surface area (Å²) < 4.78 is 60.1. The van der Waals surface area contributed by atoms with Gasteiger partial charge in [0.1, 0.15) is 10.7 Å². The number of anilines is 2. The molecule has 0 aliphatic carbocycles. The molecule has 2 aliphatic heterocycles. The van der Waals surface area contributed by atoms with Crippen LogP contribution in [0.2, 0.25) is 0 Å². The Morgan fingerprint density at radius 2 is 2.00 bits per heavy atom. The van der Waals surface area contributed by atoms with Crippen molar-refractivity contribution >= 4 is 43.9 Å². The molecule has 0 saturated carbocycles. The largest absolute Gasteiger partial charge is 0.373 e. The standard InChI is InChI=1S/C26H24F2N6O3S2/c1-14-13-38-26(29-14)15-3-4-19(23(7-15)39(2,35)36)31-20-10-16(30-21-11-22(25(27)28)32-24(20)21)8-17-9-18-12-37-6-5-34(18)33-17/h3-4,7,9-10,13,25H,5-6,8,11-12H2,1-2H3,(H,30,31). The molecule has 1 N–H and O–H groups in total. The highest BCUT2D eigenvalue weighted by Crippen LogP contribution is 2.39. The summed E-state index contributed by atoms with van der Waals surface area (Å²) in [6.45, 7) is 3.61. The third-order valence-corrected chi connectivity index (χ3v) is 8.61. The number of thiazole rings is 1. The lowest BCUT2D eigenvalue weighted by Crippen LogP contribution is -2.16. The minimum absolute atomic E-state index is 0.0674. The molecule has 0 saturated heterocycles. The van der Waals surface area contributed by atoms with Gasteiger partial charge < -0.3 is 10.1 Å². The Bertz CT molecular complexity index is 1710. The molecule has 6 rings (SSSR count). The van der Waals surface area contributed by atoms with Gasteiger partial charge in [0.05, 0.1) is 58.8 Å². The first kappa shape index (κ1) is 25.7. The number of fused-ring (bicyclic) bond motifs is 2. The number of nitrogens with one attached hydrogen (secondary N) is 1. The van der Waals surface area contributed by atoms with Gasteiger partial charge >= 0.3 is 0 Å². The van der Waals surface area contributed by atoms with Crippen molar-refractivity contribution in [3.05, 3.63) is 64.2 Å². The van der Waals surface area contributed by atoms with Crippen LogP contribution >= 0.6 is 11.3 Å². The summed E-state index contributed by atoms with van der Waals surface area (Å²) in [6, 6.07) is 8.68. The number of hydrogen-bond acceptors (Lipinski definition) is 9. The molecule has 0 spiro atoms. The van der Waals surface area contributed by atoms with Crippen molar-refractivity contribution in [2.75, 3.05) is 18.2 Å². The van der Waals surface area contributed by atoms with Crippen LogP contribution in [0.1, 0.15) is 28.5 Å². The maximum atomic E-state index is 13.6. The van der Waals surface area contributed by atoms with Gasteiger partial charge in [0.2, 0.25) is 0 Å². The van der Waals surface area contributed by atoms with Crippen molar-refractivity contribution in [2.24, 2.45) is 4.99 Å². The fraction of sp³-hybridized carbons (Fsp3) is 0.308. The van der Waals surface area contributed by atoms with Crippen LogP contribution in [0.25, 0.3) is 10.6 Å². The van der Waals surface area contributed by atoms with E-state index in [9.17, 15) is 17.2 Å². The van der Waals surface area contributed by atoms with Crippen LogP contribution in [0.4, 0.5) is 25.8 Å². The number of aliphatic imine (C=N–C) groups is 1. The van der Waals surface area contributed by atoms with E-state index in [2.05, 4.69) is 25.4 Å². The molecule has 2 aliphatic rings. The maximum Gasteiger partial charge on any atom is 0.277 e. The molecule has 13 heteroatoms. The second kappa shape index (κ2) is 9.88. The number of halogens is 2. The van der Waals surface area contributed by atoms with Crippen molar-refractivity contribution in [1.29, 1.82) is 0 Å². The molecular weight excluding hydrogens is 546 g/mol. The number of hydrogen-bond donors (Lipinski definition) is 1. The van der Waals surface area contributed by atoms with Gasteiger partial charge in [-0.1, -0.05) is 0 Å². The predicted octanol–water partition coefficient (Wildman–Crippen LogP) is 4.87. The van der Waals surface area contributed by atoms with Crippen molar-refractivity contribution < 1.29 is 21.9 Å². The molecule has 0 atom stereocenters. The van der Waals surface area contributed by atoms with Crippen LogP contribution < -0.4 is 5.32 Å². The van der Waals surface area contributed by atoms with Crippen molar-refractivity contribution in [1.82, 2.24) is 19.7 Å². The normalized spacial score (nSPS) is 14.8. The molecule has 202 valence electrons. The molecule has 0 bridgehead atoms. The van der Waals surface area contributed by atoms with Gasteiger partial charge in [-0.15, -0.1) is 11.3 Å². The van der Waals surface area contributed by atoms with E-state index in [1.807, 2.05) is 23.1 Å². The van der Waals surface area contributed by atoms with Crippen LogP contribution in [0, 0.1) is 6.92 Å². The van der Waals surface area contributed by atoms with E-state index in [4.69, 9.17) is 4.74 Å². The number of alkyl halides is 2. The molecule has 3 aromatic heterocycles. The van der Waals surface area contributed by atoms with E-state index in [1.165, 1.54) is 11.3 Å². The Labute approximate surface area is 227 Å². The van der Waals surface area contributed by atoms with Gasteiger partial charge in [-0.3, -0.25) is 9.67 Å². The molecule has 4 aromatic rings. The molecule has 1 aromatic carbocycles. The van der Waals surface area contributed by atoms with Gasteiger partial charge in [-0.05, 0) is 37.3 Å².